The molecule has 0 fully saturated rings. The molecule has 0 spiro atoms. The molecule has 0 aliphatic carbocycles. The highest BCUT2D eigenvalue weighted by Gasteiger charge is 2.17. The van der Waals surface area contributed by atoms with Crippen molar-refractivity contribution < 1.29 is 27.8 Å². The second-order valence-electron chi connectivity index (χ2n) is 5.61. The Balaban J connectivity index is 2.10. The lowest BCUT2D eigenvalue weighted by atomic mass is 10.1. The number of carbonyl (C=O) groups is 1. The molecule has 3 N–H and O–H groups in total. The first-order valence-electron chi connectivity index (χ1n) is 7.45. The zero-order valence-corrected chi connectivity index (χ0v) is 14.3. The van der Waals surface area contributed by atoms with Crippen molar-refractivity contribution in [3.05, 3.63) is 70.3 Å². The molecule has 9 nitrogen and oxygen atoms in total. The van der Waals surface area contributed by atoms with Crippen LogP contribution in [-0.2, 0) is 10.1 Å². The van der Waals surface area contributed by atoms with Crippen LogP contribution in [0.1, 0.15) is 10.4 Å². The molecule has 0 bridgehead atoms. The highest BCUT2D eigenvalue weighted by molar-refractivity contribution is 7.85. The molecule has 10 heteroatoms. The minimum absolute atomic E-state index is 0.00697. The van der Waals surface area contributed by atoms with Gasteiger partial charge in [-0.3, -0.25) is 19.5 Å². The second kappa shape index (κ2) is 6.67. The summed E-state index contributed by atoms with van der Waals surface area (Å²) in [4.78, 5) is 22.2. The fourth-order valence-corrected chi connectivity index (χ4v) is 3.07. The number of hydrogen-bond donors (Lipinski definition) is 3. The number of benzene rings is 3. The first kappa shape index (κ1) is 18.3. The molecular formula is C17H12N2O7S. The van der Waals surface area contributed by atoms with E-state index in [1.807, 2.05) is 0 Å². The summed E-state index contributed by atoms with van der Waals surface area (Å²) in [5, 5.41) is 23.7. The van der Waals surface area contributed by atoms with E-state index in [9.17, 15) is 33.0 Å². The van der Waals surface area contributed by atoms with E-state index in [0.717, 1.165) is 12.1 Å². The summed E-state index contributed by atoms with van der Waals surface area (Å²) >= 11 is 0. The first-order chi connectivity index (χ1) is 12.6. The molecule has 0 atom stereocenters. The molecule has 27 heavy (non-hydrogen) atoms. The van der Waals surface area contributed by atoms with E-state index in [4.69, 9.17) is 0 Å². The van der Waals surface area contributed by atoms with Crippen LogP contribution < -0.4 is 5.32 Å². The van der Waals surface area contributed by atoms with Crippen LogP contribution in [0.3, 0.4) is 0 Å². The van der Waals surface area contributed by atoms with Gasteiger partial charge in [-0.05, 0) is 35.7 Å². The molecule has 0 aromatic heterocycles. The molecule has 3 rings (SSSR count). The number of anilines is 1. The predicted octanol–water partition coefficient (Wildman–Crippen LogP) is 2.95. The van der Waals surface area contributed by atoms with Gasteiger partial charge in [0.25, 0.3) is 21.7 Å². The predicted molar refractivity (Wildman–Crippen MR) is 96.5 cm³/mol. The van der Waals surface area contributed by atoms with E-state index in [0.29, 0.717) is 10.8 Å². The van der Waals surface area contributed by atoms with Crippen LogP contribution in [0.5, 0.6) is 5.75 Å². The molecule has 1 amide bonds. The minimum Gasteiger partial charge on any atom is -0.508 e. The van der Waals surface area contributed by atoms with Crippen molar-refractivity contribution >= 4 is 38.2 Å². The number of nitrogens with zero attached hydrogens (tertiary/aromatic N) is 1. The molecule has 3 aromatic rings. The molecule has 0 heterocycles. The lowest BCUT2D eigenvalue weighted by Crippen LogP contribution is -2.13. The number of phenols is 1. The Kier molecular flexibility index (Phi) is 4.52. The Hall–Kier alpha value is -3.50. The summed E-state index contributed by atoms with van der Waals surface area (Å²) in [7, 11) is -4.55. The lowest BCUT2D eigenvalue weighted by molar-refractivity contribution is -0.384. The number of aromatic hydroxyl groups is 1. The van der Waals surface area contributed by atoms with Crippen molar-refractivity contribution in [3.63, 3.8) is 0 Å². The Labute approximate surface area is 152 Å². The molecule has 0 unspecified atom stereocenters. The standard InChI is InChI=1S/C17H12N2O7S/c20-13-5-4-10-7-14(27(24,25)26)9-16(15(10)8-13)18-17(21)11-2-1-3-12(6-11)19(22)23/h1-9,20H,(H,18,21)(H,24,25,26). The van der Waals surface area contributed by atoms with E-state index in [1.165, 1.54) is 42.5 Å². The Morgan fingerprint density at radius 1 is 1.07 bits per heavy atom. The summed E-state index contributed by atoms with van der Waals surface area (Å²) < 4.78 is 32.3. The van der Waals surface area contributed by atoms with E-state index >= 15 is 0 Å². The summed E-state index contributed by atoms with van der Waals surface area (Å²) in [6, 6.07) is 11.3. The van der Waals surface area contributed by atoms with Crippen LogP contribution in [0.15, 0.2) is 59.5 Å². The second-order valence-corrected chi connectivity index (χ2v) is 7.03. The van der Waals surface area contributed by atoms with Gasteiger partial charge in [0, 0.05) is 23.1 Å². The largest absolute Gasteiger partial charge is 0.508 e. The number of nitro groups is 1. The van der Waals surface area contributed by atoms with Gasteiger partial charge in [0.2, 0.25) is 0 Å². The van der Waals surface area contributed by atoms with Crippen molar-refractivity contribution in [2.45, 2.75) is 4.90 Å². The average molecular weight is 388 g/mol. The van der Waals surface area contributed by atoms with Gasteiger partial charge in [0.1, 0.15) is 5.75 Å². The Bertz CT molecular complexity index is 1190. The number of carbonyl (C=O) groups excluding carboxylic acids is 1. The van der Waals surface area contributed by atoms with Crippen LogP contribution >= 0.6 is 0 Å². The van der Waals surface area contributed by atoms with Gasteiger partial charge in [-0.15, -0.1) is 0 Å². The van der Waals surface area contributed by atoms with Crippen molar-refractivity contribution in [2.75, 3.05) is 5.32 Å². The quantitative estimate of drug-likeness (QED) is 0.354. The molecular weight excluding hydrogens is 376 g/mol. The van der Waals surface area contributed by atoms with Gasteiger partial charge in [0.15, 0.2) is 0 Å². The summed E-state index contributed by atoms with van der Waals surface area (Å²) in [5.41, 5.74) is -0.292. The average Bonchev–Trinajstić information content (AvgIpc) is 2.61. The Morgan fingerprint density at radius 3 is 2.48 bits per heavy atom. The van der Waals surface area contributed by atoms with Crippen molar-refractivity contribution in [3.8, 4) is 5.75 Å². The van der Waals surface area contributed by atoms with Crippen molar-refractivity contribution in [1.82, 2.24) is 0 Å². The zero-order chi connectivity index (χ0) is 19.8. The monoisotopic (exact) mass is 388 g/mol. The van der Waals surface area contributed by atoms with Crippen LogP contribution in [0.2, 0.25) is 0 Å². The van der Waals surface area contributed by atoms with Crippen molar-refractivity contribution in [2.24, 2.45) is 0 Å². The number of nitro benzene ring substituents is 1. The highest BCUT2D eigenvalue weighted by Crippen LogP contribution is 2.31. The molecule has 0 aliphatic rings. The topological polar surface area (TPSA) is 147 Å². The number of fused-ring (bicyclic) bond motifs is 1. The molecule has 3 aromatic carbocycles. The third-order valence-electron chi connectivity index (χ3n) is 3.78. The number of nitrogens with one attached hydrogen (secondary N) is 1. The fraction of sp³-hybridized carbons (Fsp3) is 0. The van der Waals surface area contributed by atoms with Crippen LogP contribution in [0.4, 0.5) is 11.4 Å². The first-order valence-corrected chi connectivity index (χ1v) is 8.89. The number of amides is 1. The maximum Gasteiger partial charge on any atom is 0.294 e. The van der Waals surface area contributed by atoms with E-state index in [1.54, 1.807) is 0 Å². The van der Waals surface area contributed by atoms with Crippen LogP contribution in [-0.4, -0.2) is 28.9 Å². The third kappa shape index (κ3) is 3.86. The molecule has 0 radical (unpaired) electrons. The smallest absolute Gasteiger partial charge is 0.294 e. The summed E-state index contributed by atoms with van der Waals surface area (Å²) in [6.07, 6.45) is 0. The molecule has 138 valence electrons. The minimum atomic E-state index is -4.55. The SMILES string of the molecule is O=C(Nc1cc(S(=O)(=O)O)cc2ccc(O)cc12)c1cccc([N+](=O)[O-])c1. The third-order valence-corrected chi connectivity index (χ3v) is 4.61. The fourth-order valence-electron chi connectivity index (χ4n) is 2.53. The lowest BCUT2D eigenvalue weighted by Gasteiger charge is -2.11. The molecule has 0 saturated carbocycles. The molecule has 0 saturated heterocycles. The number of hydrogen-bond acceptors (Lipinski definition) is 6. The zero-order valence-electron chi connectivity index (χ0n) is 13.5. The summed E-state index contributed by atoms with van der Waals surface area (Å²) in [6.45, 7) is 0. The van der Waals surface area contributed by atoms with E-state index in [2.05, 4.69) is 5.32 Å². The maximum absolute atomic E-state index is 12.5. The van der Waals surface area contributed by atoms with Gasteiger partial charge in [-0.25, -0.2) is 0 Å². The van der Waals surface area contributed by atoms with E-state index in [-0.39, 0.29) is 22.7 Å². The van der Waals surface area contributed by atoms with Gasteiger partial charge in [-0.1, -0.05) is 12.1 Å². The number of non-ortho nitro benzene ring substituents is 1. The van der Waals surface area contributed by atoms with Crippen LogP contribution in [0, 0.1) is 10.1 Å². The van der Waals surface area contributed by atoms with Crippen LogP contribution in [0.25, 0.3) is 10.8 Å². The van der Waals surface area contributed by atoms with Gasteiger partial charge < -0.3 is 10.4 Å². The molecule has 0 aliphatic heterocycles. The van der Waals surface area contributed by atoms with Crippen molar-refractivity contribution in [1.29, 1.82) is 0 Å². The maximum atomic E-state index is 12.5. The number of phenolic OH excluding ortho intramolecular Hbond substituents is 1. The van der Waals surface area contributed by atoms with Gasteiger partial charge >= 0.3 is 0 Å². The normalized spacial score (nSPS) is 11.3. The number of rotatable bonds is 4. The van der Waals surface area contributed by atoms with Gasteiger partial charge in [-0.2, -0.15) is 8.42 Å². The summed E-state index contributed by atoms with van der Waals surface area (Å²) in [5.74, 6) is -0.844. The highest BCUT2D eigenvalue weighted by atomic mass is 32.2. The van der Waals surface area contributed by atoms with E-state index < -0.39 is 25.8 Å². The Morgan fingerprint density at radius 2 is 1.81 bits per heavy atom. The van der Waals surface area contributed by atoms with Gasteiger partial charge in [0.05, 0.1) is 15.5 Å².